The van der Waals surface area contributed by atoms with E-state index >= 15 is 0 Å². The lowest BCUT2D eigenvalue weighted by Crippen LogP contribution is -2.12. The third-order valence-electron chi connectivity index (χ3n) is 1.52. The van der Waals surface area contributed by atoms with Crippen molar-refractivity contribution < 1.29 is 34.9 Å². The first-order chi connectivity index (χ1) is 7.88. The molecule has 17 heavy (non-hydrogen) atoms. The maximum absolute atomic E-state index is 13.1. The van der Waals surface area contributed by atoms with Crippen LogP contribution in [0.5, 0.6) is 0 Å². The monoisotopic (exact) mass is 288 g/mol. The summed E-state index contributed by atoms with van der Waals surface area (Å²) in [6.07, 6.45) is 0. The second kappa shape index (κ2) is 5.54. The molecule has 0 aromatic heterocycles. The van der Waals surface area contributed by atoms with Gasteiger partial charge in [0, 0.05) is 12.1 Å². The van der Waals surface area contributed by atoms with Gasteiger partial charge in [-0.3, -0.25) is 4.52 Å². The van der Waals surface area contributed by atoms with Crippen molar-refractivity contribution in [1.82, 2.24) is 0 Å². The Balaban J connectivity index is 3.11. The molecule has 0 aliphatic heterocycles. The van der Waals surface area contributed by atoms with Crippen LogP contribution in [0.3, 0.4) is 0 Å². The summed E-state index contributed by atoms with van der Waals surface area (Å²) in [5.74, 6) is -4.54. The number of halogens is 3. The molecule has 1 rings (SSSR count). The second-order valence-corrected chi connectivity index (χ2v) is 4.55. The zero-order chi connectivity index (χ0) is 13.1. The molecule has 0 N–H and O–H groups in total. The van der Waals surface area contributed by atoms with E-state index in [-0.39, 0.29) is 12.1 Å². The summed E-state index contributed by atoms with van der Waals surface area (Å²) in [4.78, 5) is -1.44. The number of hydrogen-bond acceptors (Lipinski definition) is 5. The topological polar surface area (TPSA) is 69.7 Å². The van der Waals surface area contributed by atoms with Crippen molar-refractivity contribution in [1.29, 1.82) is 0 Å². The van der Waals surface area contributed by atoms with Gasteiger partial charge in [-0.15, -0.1) is 0 Å². The zero-order valence-electron chi connectivity index (χ0n) is 7.89. The van der Waals surface area contributed by atoms with Gasteiger partial charge in [0.2, 0.25) is 0 Å². The maximum atomic E-state index is 13.1. The molecule has 0 spiro atoms. The first-order valence-electron chi connectivity index (χ1n) is 3.87. The van der Waals surface area contributed by atoms with Crippen molar-refractivity contribution in [2.24, 2.45) is 0 Å². The lowest BCUT2D eigenvalue weighted by Gasteiger charge is -2.06. The van der Waals surface area contributed by atoms with Gasteiger partial charge in [0.05, 0.1) is 0 Å². The molecule has 0 atom stereocenters. The van der Waals surface area contributed by atoms with Gasteiger partial charge < -0.3 is 0 Å². The Kier molecular flexibility index (Phi) is 4.58. The van der Waals surface area contributed by atoms with Crippen LogP contribution in [-0.2, 0) is 23.4 Å². The highest BCUT2D eigenvalue weighted by molar-refractivity contribution is 7.86. The molecule has 94 valence electrons. The van der Waals surface area contributed by atoms with Crippen molar-refractivity contribution in [2.45, 2.75) is 4.90 Å². The van der Waals surface area contributed by atoms with E-state index in [1.54, 1.807) is 0 Å². The van der Waals surface area contributed by atoms with E-state index in [1.165, 1.54) is 0 Å². The Morgan fingerprint density at radius 1 is 1.18 bits per heavy atom. The van der Waals surface area contributed by atoms with Crippen LogP contribution in [0.15, 0.2) is 17.0 Å². The highest BCUT2D eigenvalue weighted by Crippen LogP contribution is 2.22. The molecule has 0 saturated carbocycles. The zero-order valence-corrected chi connectivity index (χ0v) is 9.60. The van der Waals surface area contributed by atoms with E-state index in [0.717, 1.165) is 0 Å². The summed E-state index contributed by atoms with van der Waals surface area (Å²) in [5.41, 5.74) is 0. The SMILES string of the molecule is O=POCOS(=O)(=O)c1c(F)cc(F)cc1F. The van der Waals surface area contributed by atoms with Gasteiger partial charge in [-0.1, -0.05) is 0 Å². The second-order valence-electron chi connectivity index (χ2n) is 2.59. The Hall–Kier alpha value is -1.02. The molecule has 1 aromatic rings. The van der Waals surface area contributed by atoms with E-state index in [2.05, 4.69) is 8.71 Å². The smallest absolute Gasteiger partial charge is 0.265 e. The largest absolute Gasteiger partial charge is 0.329 e. The van der Waals surface area contributed by atoms with Crippen LogP contribution in [0.25, 0.3) is 0 Å². The van der Waals surface area contributed by atoms with Crippen molar-refractivity contribution in [3.05, 3.63) is 29.6 Å². The molecular formula is C7H4F3O5PS. The summed E-state index contributed by atoms with van der Waals surface area (Å²) in [6.45, 7) is -0.996. The fraction of sp³-hybridized carbons (Fsp3) is 0.143. The molecule has 0 fully saturated rings. The van der Waals surface area contributed by atoms with Gasteiger partial charge in [0.1, 0.15) is 17.5 Å². The van der Waals surface area contributed by atoms with Gasteiger partial charge in [-0.25, -0.2) is 21.9 Å². The van der Waals surface area contributed by atoms with E-state index < -0.39 is 47.9 Å². The highest BCUT2D eigenvalue weighted by Gasteiger charge is 2.26. The summed E-state index contributed by atoms with van der Waals surface area (Å²) < 4.78 is 79.0. The van der Waals surface area contributed by atoms with Gasteiger partial charge in [-0.05, 0) is 0 Å². The summed E-state index contributed by atoms with van der Waals surface area (Å²) in [6, 6.07) is 0.373. The predicted molar refractivity (Wildman–Crippen MR) is 48.1 cm³/mol. The molecule has 0 amide bonds. The highest BCUT2D eigenvalue weighted by atomic mass is 32.2. The normalized spacial score (nSPS) is 11.9. The van der Waals surface area contributed by atoms with Crippen LogP contribution in [0.2, 0.25) is 0 Å². The first-order valence-corrected chi connectivity index (χ1v) is 6.01. The molecule has 10 heteroatoms. The minimum absolute atomic E-state index is 0.187. The Morgan fingerprint density at radius 3 is 2.18 bits per heavy atom. The van der Waals surface area contributed by atoms with Crippen LogP contribution >= 0.6 is 8.69 Å². The lowest BCUT2D eigenvalue weighted by atomic mass is 10.3. The van der Waals surface area contributed by atoms with E-state index in [0.29, 0.717) is 0 Å². The predicted octanol–water partition coefficient (Wildman–Crippen LogP) is 1.99. The van der Waals surface area contributed by atoms with Gasteiger partial charge >= 0.3 is 18.8 Å². The summed E-state index contributed by atoms with van der Waals surface area (Å²) >= 11 is 0. The minimum Gasteiger partial charge on any atom is -0.265 e. The molecule has 5 nitrogen and oxygen atoms in total. The molecule has 0 unspecified atom stereocenters. The van der Waals surface area contributed by atoms with Crippen molar-refractivity contribution in [3.8, 4) is 0 Å². The van der Waals surface area contributed by atoms with Crippen molar-refractivity contribution in [3.63, 3.8) is 0 Å². The molecule has 0 bridgehead atoms. The number of benzene rings is 1. The molecule has 0 heterocycles. The summed E-state index contributed by atoms with van der Waals surface area (Å²) in [5, 5.41) is 0. The Morgan fingerprint density at radius 2 is 1.71 bits per heavy atom. The molecule has 0 saturated heterocycles. The standard InChI is InChI=1S/C7H4F3O5PS/c8-4-1-5(9)7(6(10)2-4)17(12,13)15-3-14-16-11/h1-2H,3H2. The first kappa shape index (κ1) is 14.0. The molecule has 1 aromatic carbocycles. The van der Waals surface area contributed by atoms with Gasteiger partial charge in [0.15, 0.2) is 11.7 Å². The van der Waals surface area contributed by atoms with Crippen LogP contribution in [0.1, 0.15) is 0 Å². The third kappa shape index (κ3) is 3.47. The lowest BCUT2D eigenvalue weighted by molar-refractivity contribution is 0.139. The van der Waals surface area contributed by atoms with Crippen molar-refractivity contribution >= 4 is 18.8 Å². The van der Waals surface area contributed by atoms with Crippen LogP contribution in [0, 0.1) is 17.5 Å². The average Bonchev–Trinajstić information content (AvgIpc) is 2.15. The molecule has 0 aliphatic rings. The van der Waals surface area contributed by atoms with Crippen LogP contribution < -0.4 is 0 Å². The Bertz CT molecular complexity index is 509. The third-order valence-corrected chi connectivity index (χ3v) is 3.03. The van der Waals surface area contributed by atoms with Crippen LogP contribution in [0.4, 0.5) is 13.2 Å². The van der Waals surface area contributed by atoms with E-state index in [1.807, 2.05) is 0 Å². The van der Waals surface area contributed by atoms with E-state index in [4.69, 9.17) is 0 Å². The molecule has 0 radical (unpaired) electrons. The Labute approximate surface area is 95.6 Å². The summed E-state index contributed by atoms with van der Waals surface area (Å²) in [7, 11) is -5.66. The fourth-order valence-corrected chi connectivity index (χ4v) is 1.99. The van der Waals surface area contributed by atoms with Crippen LogP contribution in [-0.4, -0.2) is 15.2 Å². The average molecular weight is 288 g/mol. The molecule has 0 aliphatic carbocycles. The van der Waals surface area contributed by atoms with Gasteiger partial charge in [0.25, 0.3) is 0 Å². The van der Waals surface area contributed by atoms with Gasteiger partial charge in [-0.2, -0.15) is 8.42 Å². The molecular weight excluding hydrogens is 284 g/mol. The number of hydrogen-bond donors (Lipinski definition) is 0. The van der Waals surface area contributed by atoms with E-state index in [9.17, 15) is 26.2 Å². The fourth-order valence-electron chi connectivity index (χ4n) is 0.933. The minimum atomic E-state index is -4.80. The maximum Gasteiger partial charge on any atom is 0.329 e. The quantitative estimate of drug-likeness (QED) is 0.358. The number of rotatable bonds is 5. The van der Waals surface area contributed by atoms with Crippen molar-refractivity contribution in [2.75, 3.05) is 6.79 Å².